The normalized spacial score (nSPS) is 14.4. The monoisotopic (exact) mass is 1150 g/mol. The molecule has 0 bridgehead atoms. The summed E-state index contributed by atoms with van der Waals surface area (Å²) < 4.78 is 7.44. The van der Waals surface area contributed by atoms with Gasteiger partial charge in [0.2, 0.25) is 0 Å². The molecule has 0 radical (unpaired) electrons. The molecule has 88 heavy (non-hydrogen) atoms. The average Bonchev–Trinajstić information content (AvgIpc) is 0.835. The molecule has 0 saturated heterocycles. The Labute approximate surface area is 519 Å². The summed E-state index contributed by atoms with van der Waals surface area (Å²) in [6.45, 7) is 18.2. The summed E-state index contributed by atoms with van der Waals surface area (Å²) >= 11 is 0. The lowest BCUT2D eigenvalue weighted by Crippen LogP contribution is -2.16. The molecular formula is C84H78N2O2. The molecule has 2 aliphatic rings. The molecule has 15 rings (SSSR count). The van der Waals surface area contributed by atoms with E-state index in [0.717, 1.165) is 104 Å². The van der Waals surface area contributed by atoms with Crippen LogP contribution in [0.4, 0.5) is 34.1 Å². The van der Waals surface area contributed by atoms with Gasteiger partial charge in [-0.2, -0.15) is 0 Å². The number of hydrogen-bond acceptors (Lipinski definition) is 4. The second kappa shape index (κ2) is 21.6. The van der Waals surface area contributed by atoms with E-state index in [2.05, 4.69) is 278 Å². The van der Waals surface area contributed by atoms with Crippen molar-refractivity contribution in [3.05, 3.63) is 246 Å². The zero-order chi connectivity index (χ0) is 60.2. The quantitative estimate of drug-likeness (QED) is 0.131. The van der Waals surface area contributed by atoms with Crippen LogP contribution in [0.5, 0.6) is 5.75 Å². The molecule has 13 aromatic rings. The maximum Gasteiger partial charge on any atom is 0.159 e. The first-order valence-electron chi connectivity index (χ1n) is 32.3. The number of phenolic OH excluding ortho intramolecular Hbond substituents is 1. The number of aromatic hydroxyl groups is 1. The number of aryl methyl sites for hydroxylation is 2. The second-order valence-corrected chi connectivity index (χ2v) is 27.6. The standard InChI is InChI=1S/C84H78N2O2/c1-52-23-9-15-35-62(52)56-29-17-30-57(47-56)64-37-21-41-74(80(64)87)85(60-33-18-31-58(48-60)83(3,4)5)76-50-72(54-25-11-12-26-54)65-44-46-71-77(51-73(55-27-13-14-28-55)66-43-45-70(76)78(65)79(66)71)86(61-34-19-32-59(49-61)84(6,7)8)75-42-22-40-69-68-39-20-38-67(81(68)88-82(69)75)63-36-16-10-24-53(63)2/h9-10,15-24,29-51,54-55,87H,11-14,25-28H2,1-8H3. The van der Waals surface area contributed by atoms with E-state index < -0.39 is 0 Å². The van der Waals surface area contributed by atoms with E-state index >= 15 is 0 Å². The molecule has 2 fully saturated rings. The number of phenols is 1. The molecular weight excluding hydrogens is 1070 g/mol. The van der Waals surface area contributed by atoms with E-state index in [0.29, 0.717) is 11.8 Å². The summed E-state index contributed by atoms with van der Waals surface area (Å²) in [4.78, 5) is 4.96. The third-order valence-electron chi connectivity index (χ3n) is 20.0. The van der Waals surface area contributed by atoms with Gasteiger partial charge in [0, 0.05) is 44.0 Å². The van der Waals surface area contributed by atoms with E-state index in [4.69, 9.17) is 4.42 Å². The zero-order valence-electron chi connectivity index (χ0n) is 52.3. The van der Waals surface area contributed by atoms with Crippen LogP contribution in [0.1, 0.15) is 138 Å². The van der Waals surface area contributed by atoms with Crippen molar-refractivity contribution in [1.82, 2.24) is 0 Å². The van der Waals surface area contributed by atoms with Crippen molar-refractivity contribution in [3.8, 4) is 39.1 Å². The summed E-state index contributed by atoms with van der Waals surface area (Å²) in [7, 11) is 0. The van der Waals surface area contributed by atoms with Gasteiger partial charge >= 0.3 is 0 Å². The van der Waals surface area contributed by atoms with Crippen molar-refractivity contribution in [2.75, 3.05) is 9.80 Å². The molecule has 2 aliphatic carbocycles. The van der Waals surface area contributed by atoms with E-state index in [-0.39, 0.29) is 16.6 Å². The predicted molar refractivity (Wildman–Crippen MR) is 374 cm³/mol. The first-order valence-corrected chi connectivity index (χ1v) is 32.3. The topological polar surface area (TPSA) is 39.9 Å². The molecule has 1 aromatic heterocycles. The fourth-order valence-corrected chi connectivity index (χ4v) is 15.3. The smallest absolute Gasteiger partial charge is 0.159 e. The Bertz CT molecular complexity index is 4840. The maximum absolute atomic E-state index is 13.3. The Balaban J connectivity index is 1.03. The number of furan rings is 1. The SMILES string of the molecule is Cc1ccccc1-c1cccc(-c2cccc(N(c3cccc(C(C)(C)C)c3)c3cc(C4CCCC4)c4ccc5c(N(c6cccc(C(C)(C)C)c6)c6cccc7c6oc6c(-c8ccccc8C)cccc67)cc(C6CCCC6)c6ccc3c4c65)c2O)c1. The second-order valence-electron chi connectivity index (χ2n) is 27.6. The molecule has 12 aromatic carbocycles. The summed E-state index contributed by atoms with van der Waals surface area (Å²) in [5.74, 6) is 1.04. The number of nitrogens with zero attached hydrogens (tertiary/aromatic N) is 2. The minimum atomic E-state index is -0.125. The number of fused-ring (bicyclic) bond motifs is 3. The van der Waals surface area contributed by atoms with Crippen molar-refractivity contribution in [2.45, 2.75) is 129 Å². The Morgan fingerprint density at radius 3 is 1.35 bits per heavy atom. The Kier molecular flexibility index (Phi) is 13.6. The van der Waals surface area contributed by atoms with Gasteiger partial charge in [-0.3, -0.25) is 0 Å². The van der Waals surface area contributed by atoms with E-state index in [1.54, 1.807) is 0 Å². The van der Waals surface area contributed by atoms with E-state index in [9.17, 15) is 5.11 Å². The number of hydrogen-bond donors (Lipinski definition) is 1. The number of para-hydroxylation sites is 3. The number of rotatable bonds is 11. The Hall–Kier alpha value is -9.12. The molecule has 0 spiro atoms. The highest BCUT2D eigenvalue weighted by Crippen LogP contribution is 2.56. The predicted octanol–water partition coefficient (Wildman–Crippen LogP) is 24.7. The molecule has 436 valence electrons. The molecule has 1 N–H and O–H groups in total. The highest BCUT2D eigenvalue weighted by atomic mass is 16.3. The number of anilines is 6. The molecule has 2 saturated carbocycles. The Morgan fingerprint density at radius 1 is 0.364 bits per heavy atom. The lowest BCUT2D eigenvalue weighted by molar-refractivity contribution is 0.478. The van der Waals surface area contributed by atoms with Crippen molar-refractivity contribution in [2.24, 2.45) is 0 Å². The van der Waals surface area contributed by atoms with Gasteiger partial charge < -0.3 is 19.3 Å². The molecule has 0 aliphatic heterocycles. The van der Waals surface area contributed by atoms with Crippen LogP contribution in [0, 0.1) is 13.8 Å². The zero-order valence-corrected chi connectivity index (χ0v) is 52.3. The summed E-state index contributed by atoms with van der Waals surface area (Å²) in [6.07, 6.45) is 9.46. The largest absolute Gasteiger partial charge is 0.505 e. The van der Waals surface area contributed by atoms with Crippen LogP contribution in [-0.2, 0) is 10.8 Å². The molecule has 1 heterocycles. The van der Waals surface area contributed by atoms with Gasteiger partial charge in [-0.1, -0.05) is 225 Å². The highest BCUT2D eigenvalue weighted by molar-refractivity contribution is 6.30. The van der Waals surface area contributed by atoms with Gasteiger partial charge in [0.1, 0.15) is 11.3 Å². The van der Waals surface area contributed by atoms with Crippen LogP contribution in [0.3, 0.4) is 0 Å². The van der Waals surface area contributed by atoms with Crippen LogP contribution >= 0.6 is 0 Å². The van der Waals surface area contributed by atoms with Crippen LogP contribution in [-0.4, -0.2) is 5.11 Å². The molecule has 0 atom stereocenters. The van der Waals surface area contributed by atoms with Gasteiger partial charge in [-0.05, 0) is 194 Å². The summed E-state index contributed by atoms with van der Waals surface area (Å²) in [5, 5.41) is 23.2. The highest BCUT2D eigenvalue weighted by Gasteiger charge is 2.33. The van der Waals surface area contributed by atoms with Crippen LogP contribution in [0.2, 0.25) is 0 Å². The maximum atomic E-state index is 13.3. The van der Waals surface area contributed by atoms with Gasteiger partial charge in [-0.25, -0.2) is 0 Å². The van der Waals surface area contributed by atoms with Crippen LogP contribution in [0.15, 0.2) is 217 Å². The van der Waals surface area contributed by atoms with Crippen molar-refractivity contribution < 1.29 is 9.52 Å². The van der Waals surface area contributed by atoms with Gasteiger partial charge in [0.25, 0.3) is 0 Å². The first-order chi connectivity index (χ1) is 42.7. The van der Waals surface area contributed by atoms with E-state index in [1.165, 1.54) is 103 Å². The van der Waals surface area contributed by atoms with Gasteiger partial charge in [0.15, 0.2) is 5.58 Å². The Morgan fingerprint density at radius 2 is 0.795 bits per heavy atom. The van der Waals surface area contributed by atoms with Gasteiger partial charge in [-0.15, -0.1) is 0 Å². The molecule has 4 nitrogen and oxygen atoms in total. The first kappa shape index (κ1) is 55.5. The van der Waals surface area contributed by atoms with E-state index in [1.807, 2.05) is 0 Å². The summed E-state index contributed by atoms with van der Waals surface area (Å²) in [5.41, 5.74) is 21.8. The van der Waals surface area contributed by atoms with Gasteiger partial charge in [0.05, 0.1) is 22.7 Å². The fourth-order valence-electron chi connectivity index (χ4n) is 15.3. The van der Waals surface area contributed by atoms with Crippen molar-refractivity contribution in [3.63, 3.8) is 0 Å². The number of benzene rings is 12. The molecule has 0 unspecified atom stereocenters. The third-order valence-corrected chi connectivity index (χ3v) is 20.0. The summed E-state index contributed by atoms with van der Waals surface area (Å²) in [6, 6.07) is 78.9. The fraction of sp³-hybridized carbons (Fsp3) is 0.238. The van der Waals surface area contributed by atoms with Crippen LogP contribution < -0.4 is 9.80 Å². The minimum absolute atomic E-state index is 0.0995. The third kappa shape index (κ3) is 9.41. The van der Waals surface area contributed by atoms with Crippen molar-refractivity contribution >= 4 is 88.4 Å². The van der Waals surface area contributed by atoms with Crippen molar-refractivity contribution in [1.29, 1.82) is 0 Å². The molecule has 0 amide bonds. The lowest BCUT2D eigenvalue weighted by atomic mass is 9.82. The van der Waals surface area contributed by atoms with Crippen LogP contribution in [0.25, 0.3) is 87.6 Å². The minimum Gasteiger partial charge on any atom is -0.505 e. The lowest BCUT2D eigenvalue weighted by Gasteiger charge is -2.33. The average molecular weight is 1150 g/mol. The molecule has 4 heteroatoms.